The quantitative estimate of drug-likeness (QED) is 0.707. The number of aromatic nitrogens is 2. The largest absolute Gasteiger partial charge is 0.342 e. The summed E-state index contributed by atoms with van der Waals surface area (Å²) >= 11 is 5.80. The highest BCUT2D eigenvalue weighted by Gasteiger charge is 2.08. The van der Waals surface area contributed by atoms with E-state index in [-0.39, 0.29) is 11.6 Å². The van der Waals surface area contributed by atoms with Gasteiger partial charge in [-0.3, -0.25) is 0 Å². The number of hydrogen-bond donors (Lipinski definition) is 0. The maximum atomic E-state index is 12.8. The SMILES string of the molecule is Fc1ccc(Cl)c(-c2ncon2)c1. The van der Waals surface area contributed by atoms with Gasteiger partial charge in [0.25, 0.3) is 0 Å². The maximum absolute atomic E-state index is 12.8. The third-order valence-corrected chi connectivity index (χ3v) is 1.86. The van der Waals surface area contributed by atoms with Gasteiger partial charge >= 0.3 is 0 Å². The highest BCUT2D eigenvalue weighted by Crippen LogP contribution is 2.25. The fourth-order valence-electron chi connectivity index (χ4n) is 0.958. The second-order valence-electron chi connectivity index (χ2n) is 2.38. The lowest BCUT2D eigenvalue weighted by Crippen LogP contribution is -1.83. The van der Waals surface area contributed by atoms with Crippen molar-refractivity contribution in [3.8, 4) is 11.4 Å². The third kappa shape index (κ3) is 1.53. The Hall–Kier alpha value is -1.42. The average Bonchev–Trinajstić information content (AvgIpc) is 2.61. The molecule has 13 heavy (non-hydrogen) atoms. The highest BCUT2D eigenvalue weighted by molar-refractivity contribution is 6.33. The average molecular weight is 199 g/mol. The number of nitrogens with zero attached hydrogens (tertiary/aromatic N) is 2. The summed E-state index contributed by atoms with van der Waals surface area (Å²) in [4.78, 5) is 3.76. The lowest BCUT2D eigenvalue weighted by atomic mass is 10.2. The first kappa shape index (κ1) is 8.19. The molecule has 3 nitrogen and oxygen atoms in total. The zero-order valence-corrected chi connectivity index (χ0v) is 7.12. The Labute approximate surface area is 78.1 Å². The Kier molecular flexibility index (Phi) is 1.98. The molecular formula is C8H4ClFN2O. The fraction of sp³-hybridized carbons (Fsp3) is 0. The van der Waals surface area contributed by atoms with Crippen LogP contribution in [-0.4, -0.2) is 10.1 Å². The molecule has 0 atom stereocenters. The van der Waals surface area contributed by atoms with E-state index < -0.39 is 0 Å². The van der Waals surface area contributed by atoms with Crippen molar-refractivity contribution >= 4 is 11.6 Å². The van der Waals surface area contributed by atoms with Crippen LogP contribution in [-0.2, 0) is 0 Å². The Balaban J connectivity index is 2.57. The van der Waals surface area contributed by atoms with E-state index in [1.54, 1.807) is 0 Å². The van der Waals surface area contributed by atoms with Crippen molar-refractivity contribution in [2.45, 2.75) is 0 Å². The summed E-state index contributed by atoms with van der Waals surface area (Å²) in [5.41, 5.74) is 0.426. The minimum absolute atomic E-state index is 0.282. The van der Waals surface area contributed by atoms with Crippen LogP contribution in [0.2, 0.25) is 5.02 Å². The minimum atomic E-state index is -0.385. The van der Waals surface area contributed by atoms with Gasteiger partial charge in [0, 0.05) is 5.56 Å². The van der Waals surface area contributed by atoms with Crippen molar-refractivity contribution in [3.05, 3.63) is 35.4 Å². The second kappa shape index (κ2) is 3.14. The molecule has 0 aliphatic rings. The Morgan fingerprint density at radius 2 is 2.23 bits per heavy atom. The van der Waals surface area contributed by atoms with Crippen LogP contribution in [0.3, 0.4) is 0 Å². The van der Waals surface area contributed by atoms with Crippen LogP contribution in [0, 0.1) is 5.82 Å². The summed E-state index contributed by atoms with van der Waals surface area (Å²) in [6.45, 7) is 0. The van der Waals surface area contributed by atoms with Crippen LogP contribution in [0.15, 0.2) is 29.1 Å². The summed E-state index contributed by atoms with van der Waals surface area (Å²) in [5.74, 6) is -0.103. The van der Waals surface area contributed by atoms with Crippen LogP contribution in [0.1, 0.15) is 0 Å². The molecule has 0 saturated heterocycles. The maximum Gasteiger partial charge on any atom is 0.214 e. The normalized spacial score (nSPS) is 10.3. The summed E-state index contributed by atoms with van der Waals surface area (Å²) < 4.78 is 17.3. The molecule has 1 aromatic heterocycles. The zero-order valence-electron chi connectivity index (χ0n) is 6.37. The summed E-state index contributed by atoms with van der Waals surface area (Å²) in [6.07, 6.45) is 1.16. The van der Waals surface area contributed by atoms with E-state index in [0.29, 0.717) is 10.6 Å². The third-order valence-electron chi connectivity index (χ3n) is 1.53. The van der Waals surface area contributed by atoms with E-state index in [4.69, 9.17) is 11.6 Å². The Morgan fingerprint density at radius 1 is 1.38 bits per heavy atom. The molecule has 1 aromatic carbocycles. The van der Waals surface area contributed by atoms with Crippen LogP contribution >= 0.6 is 11.6 Å². The molecule has 0 N–H and O–H groups in total. The molecule has 0 bridgehead atoms. The molecule has 0 fully saturated rings. The molecule has 0 unspecified atom stereocenters. The van der Waals surface area contributed by atoms with Crippen molar-refractivity contribution in [1.82, 2.24) is 10.1 Å². The van der Waals surface area contributed by atoms with Crippen molar-refractivity contribution in [1.29, 1.82) is 0 Å². The second-order valence-corrected chi connectivity index (χ2v) is 2.79. The Morgan fingerprint density at radius 3 is 2.92 bits per heavy atom. The van der Waals surface area contributed by atoms with Gasteiger partial charge in [-0.2, -0.15) is 4.98 Å². The van der Waals surface area contributed by atoms with Crippen molar-refractivity contribution in [3.63, 3.8) is 0 Å². The molecule has 0 radical (unpaired) electrons. The van der Waals surface area contributed by atoms with E-state index in [2.05, 4.69) is 14.7 Å². The zero-order chi connectivity index (χ0) is 9.26. The molecule has 0 saturated carbocycles. The van der Waals surface area contributed by atoms with Crippen LogP contribution in [0.25, 0.3) is 11.4 Å². The van der Waals surface area contributed by atoms with Crippen molar-refractivity contribution < 1.29 is 8.91 Å². The van der Waals surface area contributed by atoms with Gasteiger partial charge in [0.1, 0.15) is 5.82 Å². The van der Waals surface area contributed by atoms with Crippen molar-refractivity contribution in [2.75, 3.05) is 0 Å². The molecule has 2 aromatic rings. The molecule has 0 spiro atoms. The number of rotatable bonds is 1. The first-order chi connectivity index (χ1) is 6.27. The Bertz CT molecular complexity index is 416. The first-order valence-corrected chi connectivity index (χ1v) is 3.87. The number of halogens is 2. The van der Waals surface area contributed by atoms with Crippen LogP contribution < -0.4 is 0 Å². The number of benzene rings is 1. The molecule has 2 rings (SSSR count). The predicted octanol–water partition coefficient (Wildman–Crippen LogP) is 2.53. The lowest BCUT2D eigenvalue weighted by molar-refractivity contribution is 0.418. The monoisotopic (exact) mass is 198 g/mol. The lowest BCUT2D eigenvalue weighted by Gasteiger charge is -1.97. The smallest absolute Gasteiger partial charge is 0.214 e. The van der Waals surface area contributed by atoms with Gasteiger partial charge in [0.15, 0.2) is 0 Å². The van der Waals surface area contributed by atoms with Crippen molar-refractivity contribution in [2.24, 2.45) is 0 Å². The topological polar surface area (TPSA) is 38.9 Å². The molecule has 66 valence electrons. The van der Waals surface area contributed by atoms with E-state index in [9.17, 15) is 4.39 Å². The van der Waals surface area contributed by atoms with E-state index >= 15 is 0 Å². The van der Waals surface area contributed by atoms with Crippen LogP contribution in [0.4, 0.5) is 4.39 Å². The minimum Gasteiger partial charge on any atom is -0.342 e. The molecule has 0 aliphatic carbocycles. The summed E-state index contributed by atoms with van der Waals surface area (Å²) in [7, 11) is 0. The van der Waals surface area contributed by atoms with Gasteiger partial charge in [-0.25, -0.2) is 4.39 Å². The molecular weight excluding hydrogens is 195 g/mol. The van der Waals surface area contributed by atoms with E-state index in [1.165, 1.54) is 18.2 Å². The van der Waals surface area contributed by atoms with Gasteiger partial charge in [-0.05, 0) is 18.2 Å². The fourth-order valence-corrected chi connectivity index (χ4v) is 1.16. The van der Waals surface area contributed by atoms with Gasteiger partial charge in [0.05, 0.1) is 5.02 Å². The molecule has 0 amide bonds. The van der Waals surface area contributed by atoms with Gasteiger partial charge in [-0.1, -0.05) is 16.8 Å². The van der Waals surface area contributed by atoms with Gasteiger partial charge < -0.3 is 4.52 Å². The molecule has 1 heterocycles. The number of hydrogen-bond acceptors (Lipinski definition) is 3. The van der Waals surface area contributed by atoms with E-state index in [1.807, 2.05) is 0 Å². The van der Waals surface area contributed by atoms with E-state index in [0.717, 1.165) is 6.39 Å². The van der Waals surface area contributed by atoms with Gasteiger partial charge in [0.2, 0.25) is 12.2 Å². The van der Waals surface area contributed by atoms with Gasteiger partial charge in [-0.15, -0.1) is 0 Å². The highest BCUT2D eigenvalue weighted by atomic mass is 35.5. The summed E-state index contributed by atoms with van der Waals surface area (Å²) in [6, 6.07) is 3.97. The molecule has 0 aliphatic heterocycles. The van der Waals surface area contributed by atoms with Crippen LogP contribution in [0.5, 0.6) is 0 Å². The predicted molar refractivity (Wildman–Crippen MR) is 44.7 cm³/mol. The standard InChI is InChI=1S/C8H4ClFN2O/c9-7-2-1-5(10)3-6(7)8-11-4-13-12-8/h1-4H. The molecule has 5 heteroatoms. The summed E-state index contributed by atoms with van der Waals surface area (Å²) in [5, 5.41) is 3.94. The first-order valence-electron chi connectivity index (χ1n) is 3.49.